The second-order valence-corrected chi connectivity index (χ2v) is 5.82. The van der Waals surface area contributed by atoms with Crippen LogP contribution < -0.4 is 10.6 Å². The van der Waals surface area contributed by atoms with E-state index in [1.165, 1.54) is 6.07 Å². The lowest BCUT2D eigenvalue weighted by Crippen LogP contribution is -2.42. The van der Waals surface area contributed by atoms with Crippen molar-refractivity contribution in [1.29, 1.82) is 0 Å². The van der Waals surface area contributed by atoms with Gasteiger partial charge in [0.15, 0.2) is 0 Å². The summed E-state index contributed by atoms with van der Waals surface area (Å²) in [4.78, 5) is 10.5. The minimum atomic E-state index is -0.549. The molecule has 0 bridgehead atoms. The van der Waals surface area contributed by atoms with Crippen LogP contribution in [0.2, 0.25) is 0 Å². The molecule has 0 aromatic heterocycles. The maximum absolute atomic E-state index is 13.4. The third kappa shape index (κ3) is 3.25. The van der Waals surface area contributed by atoms with Crippen LogP contribution in [0.4, 0.5) is 15.8 Å². The van der Waals surface area contributed by atoms with E-state index in [-0.39, 0.29) is 11.1 Å². The summed E-state index contributed by atoms with van der Waals surface area (Å²) in [5.41, 5.74) is 0.653. The summed E-state index contributed by atoms with van der Waals surface area (Å²) in [7, 11) is 0. The third-order valence-electron chi connectivity index (χ3n) is 3.86. The Balaban J connectivity index is 2.16. The molecule has 0 spiro atoms. The van der Waals surface area contributed by atoms with Crippen molar-refractivity contribution in [3.63, 3.8) is 0 Å². The van der Waals surface area contributed by atoms with Crippen molar-refractivity contribution < 1.29 is 9.31 Å². The monoisotopic (exact) mass is 281 g/mol. The Morgan fingerprint density at radius 3 is 2.90 bits per heavy atom. The molecule has 1 aliphatic heterocycles. The van der Waals surface area contributed by atoms with Gasteiger partial charge in [-0.1, -0.05) is 6.92 Å². The fraction of sp³-hybridized carbons (Fsp3) is 0.571. The summed E-state index contributed by atoms with van der Waals surface area (Å²) >= 11 is 0. The summed E-state index contributed by atoms with van der Waals surface area (Å²) in [5, 5.41) is 17.5. The lowest BCUT2D eigenvalue weighted by molar-refractivity contribution is -0.384. The molecule has 2 rings (SSSR count). The van der Waals surface area contributed by atoms with Gasteiger partial charge < -0.3 is 10.6 Å². The fourth-order valence-corrected chi connectivity index (χ4v) is 2.54. The number of benzene rings is 1. The Morgan fingerprint density at radius 2 is 2.30 bits per heavy atom. The summed E-state index contributed by atoms with van der Waals surface area (Å²) in [6, 6.07) is 2.49. The van der Waals surface area contributed by atoms with Crippen LogP contribution in [0.1, 0.15) is 25.3 Å². The lowest BCUT2D eigenvalue weighted by atomic mass is 9.82. The number of rotatable bonds is 4. The number of hydrogen-bond donors (Lipinski definition) is 2. The van der Waals surface area contributed by atoms with Gasteiger partial charge in [0.25, 0.3) is 5.69 Å². The molecule has 1 heterocycles. The van der Waals surface area contributed by atoms with Crippen molar-refractivity contribution in [3.8, 4) is 0 Å². The van der Waals surface area contributed by atoms with Crippen molar-refractivity contribution in [3.05, 3.63) is 33.6 Å². The lowest BCUT2D eigenvalue weighted by Gasteiger charge is -2.34. The van der Waals surface area contributed by atoms with E-state index in [1.807, 2.05) is 0 Å². The molecule has 1 fully saturated rings. The summed E-state index contributed by atoms with van der Waals surface area (Å²) in [6.07, 6.45) is 2.17. The number of nitro benzene ring substituents is 1. The predicted octanol–water partition coefficient (Wildman–Crippen LogP) is 2.84. The van der Waals surface area contributed by atoms with E-state index in [0.717, 1.165) is 32.0 Å². The highest BCUT2D eigenvalue weighted by atomic mass is 19.1. The highest BCUT2D eigenvalue weighted by Gasteiger charge is 2.27. The van der Waals surface area contributed by atoms with Crippen molar-refractivity contribution in [2.45, 2.75) is 26.7 Å². The van der Waals surface area contributed by atoms with Gasteiger partial charge in [-0.3, -0.25) is 10.1 Å². The molecule has 20 heavy (non-hydrogen) atoms. The van der Waals surface area contributed by atoms with E-state index in [4.69, 9.17) is 0 Å². The molecule has 0 saturated carbocycles. The fourth-order valence-electron chi connectivity index (χ4n) is 2.54. The van der Waals surface area contributed by atoms with Gasteiger partial charge in [-0.15, -0.1) is 0 Å². The number of aryl methyl sites for hydroxylation is 1. The number of piperidine rings is 1. The molecule has 6 heteroatoms. The number of anilines is 1. The topological polar surface area (TPSA) is 67.2 Å². The van der Waals surface area contributed by atoms with E-state index >= 15 is 0 Å². The molecular formula is C14H20FN3O2. The second-order valence-electron chi connectivity index (χ2n) is 5.82. The average Bonchev–Trinajstić information content (AvgIpc) is 2.40. The smallest absolute Gasteiger partial charge is 0.295 e. The number of nitrogens with zero attached hydrogens (tertiary/aromatic N) is 1. The van der Waals surface area contributed by atoms with Crippen molar-refractivity contribution in [2.24, 2.45) is 5.41 Å². The van der Waals surface area contributed by atoms with Crippen LogP contribution in [-0.4, -0.2) is 24.6 Å². The summed E-state index contributed by atoms with van der Waals surface area (Å²) in [6.45, 7) is 6.29. The third-order valence-corrected chi connectivity index (χ3v) is 3.86. The zero-order valence-electron chi connectivity index (χ0n) is 11.8. The molecule has 1 saturated heterocycles. The predicted molar refractivity (Wildman–Crippen MR) is 76.5 cm³/mol. The maximum atomic E-state index is 13.4. The number of nitrogens with one attached hydrogen (secondary N) is 2. The maximum Gasteiger partial charge on any atom is 0.295 e. The Hall–Kier alpha value is -1.69. The first-order chi connectivity index (χ1) is 9.41. The Bertz CT molecular complexity index is 513. The zero-order valence-corrected chi connectivity index (χ0v) is 11.8. The van der Waals surface area contributed by atoms with Gasteiger partial charge in [-0.05, 0) is 43.4 Å². The minimum absolute atomic E-state index is 0.0639. The highest BCUT2D eigenvalue weighted by molar-refractivity contribution is 5.63. The van der Waals surface area contributed by atoms with Crippen LogP contribution >= 0.6 is 0 Å². The summed E-state index contributed by atoms with van der Waals surface area (Å²) in [5.74, 6) is -0.548. The largest absolute Gasteiger partial charge is 0.379 e. The molecule has 1 aromatic rings. The number of halogens is 1. The molecule has 0 radical (unpaired) electrons. The molecule has 110 valence electrons. The molecular weight excluding hydrogens is 261 g/mol. The van der Waals surface area contributed by atoms with Gasteiger partial charge in [-0.2, -0.15) is 0 Å². The van der Waals surface area contributed by atoms with Gasteiger partial charge in [0, 0.05) is 13.1 Å². The molecule has 0 aliphatic carbocycles. The summed E-state index contributed by atoms with van der Waals surface area (Å²) < 4.78 is 13.4. The van der Waals surface area contributed by atoms with Crippen LogP contribution in [-0.2, 0) is 0 Å². The molecule has 1 aromatic carbocycles. The number of hydrogen-bond acceptors (Lipinski definition) is 4. The molecule has 1 unspecified atom stereocenters. The van der Waals surface area contributed by atoms with E-state index in [2.05, 4.69) is 17.6 Å². The average molecular weight is 281 g/mol. The molecule has 0 amide bonds. The molecule has 2 N–H and O–H groups in total. The zero-order chi connectivity index (χ0) is 14.8. The second kappa shape index (κ2) is 5.75. The van der Waals surface area contributed by atoms with E-state index in [9.17, 15) is 14.5 Å². The van der Waals surface area contributed by atoms with Crippen LogP contribution in [0.25, 0.3) is 0 Å². The van der Waals surface area contributed by atoms with Gasteiger partial charge in [0.2, 0.25) is 0 Å². The van der Waals surface area contributed by atoms with Crippen molar-refractivity contribution >= 4 is 11.4 Å². The van der Waals surface area contributed by atoms with Crippen LogP contribution in [0.3, 0.4) is 0 Å². The van der Waals surface area contributed by atoms with E-state index in [0.29, 0.717) is 17.8 Å². The van der Waals surface area contributed by atoms with Crippen molar-refractivity contribution in [1.82, 2.24) is 5.32 Å². The van der Waals surface area contributed by atoms with Gasteiger partial charge in [0.1, 0.15) is 11.5 Å². The molecule has 1 atom stereocenters. The quantitative estimate of drug-likeness (QED) is 0.658. The first-order valence-corrected chi connectivity index (χ1v) is 6.80. The SMILES string of the molecule is Cc1cc(NCC2(C)CCCNC2)c([N+](=O)[O-])cc1F. The van der Waals surface area contributed by atoms with Gasteiger partial charge >= 0.3 is 0 Å². The molecule has 5 nitrogen and oxygen atoms in total. The number of nitro groups is 1. The Kier molecular flexibility index (Phi) is 4.23. The first kappa shape index (κ1) is 14.7. The van der Waals surface area contributed by atoms with Crippen molar-refractivity contribution in [2.75, 3.05) is 25.0 Å². The van der Waals surface area contributed by atoms with Crippen LogP contribution in [0.5, 0.6) is 0 Å². The highest BCUT2D eigenvalue weighted by Crippen LogP contribution is 2.31. The molecule has 1 aliphatic rings. The van der Waals surface area contributed by atoms with Gasteiger partial charge in [0.05, 0.1) is 11.0 Å². The normalized spacial score (nSPS) is 22.6. The van der Waals surface area contributed by atoms with E-state index < -0.39 is 10.7 Å². The van der Waals surface area contributed by atoms with Gasteiger partial charge in [-0.25, -0.2) is 4.39 Å². The first-order valence-electron chi connectivity index (χ1n) is 6.80. The standard InChI is InChI=1S/C14H20FN3O2/c1-10-6-12(13(18(19)20)7-11(10)15)17-9-14(2)4-3-5-16-8-14/h6-7,16-17H,3-5,8-9H2,1-2H3. The van der Waals surface area contributed by atoms with E-state index in [1.54, 1.807) is 6.92 Å². The Morgan fingerprint density at radius 1 is 1.55 bits per heavy atom. The van der Waals surface area contributed by atoms with Crippen LogP contribution in [0, 0.1) is 28.3 Å². The minimum Gasteiger partial charge on any atom is -0.379 e. The van der Waals surface area contributed by atoms with Crippen LogP contribution in [0.15, 0.2) is 12.1 Å². The Labute approximate surface area is 117 Å².